The lowest BCUT2D eigenvalue weighted by atomic mass is 9.93. The van der Waals surface area contributed by atoms with Crippen molar-refractivity contribution in [2.75, 3.05) is 7.05 Å². The van der Waals surface area contributed by atoms with Crippen LogP contribution in [0.4, 0.5) is 0 Å². The molecule has 1 atom stereocenters. The van der Waals surface area contributed by atoms with Crippen molar-refractivity contribution in [3.63, 3.8) is 0 Å². The molecule has 1 unspecified atom stereocenters. The van der Waals surface area contributed by atoms with E-state index in [1.54, 1.807) is 0 Å². The summed E-state index contributed by atoms with van der Waals surface area (Å²) in [6, 6.07) is 15.7. The van der Waals surface area contributed by atoms with Crippen molar-refractivity contribution in [2.24, 2.45) is 0 Å². The lowest BCUT2D eigenvalue weighted by Gasteiger charge is -2.20. The zero-order chi connectivity index (χ0) is 13.1. The summed E-state index contributed by atoms with van der Waals surface area (Å²) in [7, 11) is 2.02. The van der Waals surface area contributed by atoms with E-state index < -0.39 is 0 Å². The highest BCUT2D eigenvalue weighted by Crippen LogP contribution is 2.25. The van der Waals surface area contributed by atoms with Crippen LogP contribution in [0.3, 0.4) is 0 Å². The van der Waals surface area contributed by atoms with Gasteiger partial charge in [-0.25, -0.2) is 0 Å². The maximum atomic E-state index is 3.41. The highest BCUT2D eigenvalue weighted by Gasteiger charge is 2.13. The average molecular weight is 239 g/mol. The quantitative estimate of drug-likeness (QED) is 0.856. The van der Waals surface area contributed by atoms with Gasteiger partial charge in [0.25, 0.3) is 0 Å². The van der Waals surface area contributed by atoms with E-state index in [4.69, 9.17) is 0 Å². The Hall–Kier alpha value is -1.60. The fourth-order valence-electron chi connectivity index (χ4n) is 2.41. The van der Waals surface area contributed by atoms with Crippen LogP contribution in [-0.4, -0.2) is 7.05 Å². The third kappa shape index (κ3) is 2.62. The van der Waals surface area contributed by atoms with Gasteiger partial charge in [0.05, 0.1) is 6.04 Å². The van der Waals surface area contributed by atoms with Crippen molar-refractivity contribution in [1.29, 1.82) is 0 Å². The summed E-state index contributed by atoms with van der Waals surface area (Å²) in [6.45, 7) is 6.44. The van der Waals surface area contributed by atoms with Crippen LogP contribution < -0.4 is 5.32 Å². The summed E-state index contributed by atoms with van der Waals surface area (Å²) in [5.41, 5.74) is 6.63. The molecular weight excluding hydrogens is 218 g/mol. The third-order valence-corrected chi connectivity index (χ3v) is 3.44. The van der Waals surface area contributed by atoms with Crippen LogP contribution in [0.5, 0.6) is 0 Å². The molecule has 0 amide bonds. The Morgan fingerprint density at radius 2 is 1.44 bits per heavy atom. The standard InChI is InChI=1S/C17H21N/c1-12-5-8-15(9-6-12)17(18-4)16-10-7-13(2)11-14(16)3/h5-11,17-18H,1-4H3. The average Bonchev–Trinajstić information content (AvgIpc) is 2.35. The van der Waals surface area contributed by atoms with Crippen LogP contribution in [0.25, 0.3) is 0 Å². The minimum atomic E-state index is 0.270. The third-order valence-electron chi connectivity index (χ3n) is 3.44. The van der Waals surface area contributed by atoms with E-state index in [0.29, 0.717) is 0 Å². The molecule has 0 aliphatic heterocycles. The number of rotatable bonds is 3. The van der Waals surface area contributed by atoms with E-state index in [1.807, 2.05) is 7.05 Å². The van der Waals surface area contributed by atoms with E-state index in [-0.39, 0.29) is 6.04 Å². The van der Waals surface area contributed by atoms with Gasteiger partial charge in [-0.2, -0.15) is 0 Å². The molecule has 0 saturated heterocycles. The molecule has 0 aliphatic rings. The normalized spacial score (nSPS) is 12.4. The van der Waals surface area contributed by atoms with Gasteiger partial charge in [-0.15, -0.1) is 0 Å². The molecule has 0 bridgehead atoms. The molecule has 2 rings (SSSR count). The summed E-state index contributed by atoms with van der Waals surface area (Å²) in [4.78, 5) is 0. The molecule has 0 aromatic heterocycles. The van der Waals surface area contributed by atoms with Crippen molar-refractivity contribution < 1.29 is 0 Å². The van der Waals surface area contributed by atoms with Crippen molar-refractivity contribution in [2.45, 2.75) is 26.8 Å². The Bertz CT molecular complexity index is 526. The van der Waals surface area contributed by atoms with E-state index in [0.717, 1.165) is 0 Å². The number of hydrogen-bond donors (Lipinski definition) is 1. The van der Waals surface area contributed by atoms with E-state index in [1.165, 1.54) is 27.8 Å². The highest BCUT2D eigenvalue weighted by atomic mass is 14.9. The molecule has 0 heterocycles. The Morgan fingerprint density at radius 3 is 2.00 bits per heavy atom. The van der Waals surface area contributed by atoms with E-state index >= 15 is 0 Å². The lowest BCUT2D eigenvalue weighted by Crippen LogP contribution is -2.18. The van der Waals surface area contributed by atoms with Crippen LogP contribution in [-0.2, 0) is 0 Å². The van der Waals surface area contributed by atoms with Crippen molar-refractivity contribution in [3.05, 3.63) is 70.3 Å². The fourth-order valence-corrected chi connectivity index (χ4v) is 2.41. The summed E-state index contributed by atoms with van der Waals surface area (Å²) < 4.78 is 0. The van der Waals surface area contributed by atoms with Gasteiger partial charge in [-0.1, -0.05) is 53.6 Å². The molecular formula is C17H21N. The van der Waals surface area contributed by atoms with E-state index in [2.05, 4.69) is 68.6 Å². The predicted molar refractivity (Wildman–Crippen MR) is 78.0 cm³/mol. The van der Waals surface area contributed by atoms with Gasteiger partial charge in [0, 0.05) is 0 Å². The minimum absolute atomic E-state index is 0.270. The lowest BCUT2D eigenvalue weighted by molar-refractivity contribution is 0.687. The number of hydrogen-bond acceptors (Lipinski definition) is 1. The molecule has 1 nitrogen and oxygen atoms in total. The molecule has 0 saturated carbocycles. The SMILES string of the molecule is CNC(c1ccc(C)cc1)c1ccc(C)cc1C. The summed E-state index contributed by atoms with van der Waals surface area (Å²) in [5, 5.41) is 3.41. The number of benzene rings is 2. The summed E-state index contributed by atoms with van der Waals surface area (Å²) in [6.07, 6.45) is 0. The van der Waals surface area contributed by atoms with Crippen LogP contribution in [0, 0.1) is 20.8 Å². The topological polar surface area (TPSA) is 12.0 Å². The zero-order valence-electron chi connectivity index (χ0n) is 11.6. The molecule has 0 radical (unpaired) electrons. The van der Waals surface area contributed by atoms with Gasteiger partial charge in [-0.3, -0.25) is 0 Å². The minimum Gasteiger partial charge on any atom is -0.309 e. The van der Waals surface area contributed by atoms with Gasteiger partial charge in [0.1, 0.15) is 0 Å². The first-order chi connectivity index (χ1) is 8.61. The second kappa shape index (κ2) is 5.36. The summed E-state index contributed by atoms with van der Waals surface area (Å²) >= 11 is 0. The first-order valence-electron chi connectivity index (χ1n) is 6.43. The maximum Gasteiger partial charge on any atom is 0.0576 e. The molecule has 0 spiro atoms. The maximum absolute atomic E-state index is 3.41. The fraction of sp³-hybridized carbons (Fsp3) is 0.294. The molecule has 1 N–H and O–H groups in total. The van der Waals surface area contributed by atoms with Gasteiger partial charge in [-0.05, 0) is 44.5 Å². The first kappa shape index (κ1) is 12.8. The Kier molecular flexibility index (Phi) is 3.83. The molecule has 2 aromatic rings. The predicted octanol–water partition coefficient (Wildman–Crippen LogP) is 3.92. The molecule has 1 heteroatoms. The highest BCUT2D eigenvalue weighted by molar-refractivity contribution is 5.39. The second-order valence-electron chi connectivity index (χ2n) is 4.99. The molecule has 2 aromatic carbocycles. The molecule has 0 fully saturated rings. The van der Waals surface area contributed by atoms with Crippen LogP contribution in [0.15, 0.2) is 42.5 Å². The van der Waals surface area contributed by atoms with Crippen LogP contribution in [0.2, 0.25) is 0 Å². The summed E-state index contributed by atoms with van der Waals surface area (Å²) in [5.74, 6) is 0. The smallest absolute Gasteiger partial charge is 0.0576 e. The molecule has 0 aliphatic carbocycles. The van der Waals surface area contributed by atoms with Crippen LogP contribution in [0.1, 0.15) is 33.9 Å². The Balaban J connectivity index is 2.41. The van der Waals surface area contributed by atoms with Gasteiger partial charge >= 0.3 is 0 Å². The Morgan fingerprint density at radius 1 is 0.833 bits per heavy atom. The van der Waals surface area contributed by atoms with Crippen molar-refractivity contribution in [3.8, 4) is 0 Å². The second-order valence-corrected chi connectivity index (χ2v) is 4.99. The Labute approximate surface area is 110 Å². The van der Waals surface area contributed by atoms with Crippen molar-refractivity contribution >= 4 is 0 Å². The number of nitrogens with one attached hydrogen (secondary N) is 1. The number of aryl methyl sites for hydroxylation is 3. The van der Waals surface area contributed by atoms with Gasteiger partial charge in [0.2, 0.25) is 0 Å². The van der Waals surface area contributed by atoms with Crippen LogP contribution >= 0.6 is 0 Å². The zero-order valence-corrected chi connectivity index (χ0v) is 11.6. The largest absolute Gasteiger partial charge is 0.309 e. The monoisotopic (exact) mass is 239 g/mol. The molecule has 94 valence electrons. The molecule has 18 heavy (non-hydrogen) atoms. The van der Waals surface area contributed by atoms with Gasteiger partial charge < -0.3 is 5.32 Å². The van der Waals surface area contributed by atoms with Crippen molar-refractivity contribution in [1.82, 2.24) is 5.32 Å². The first-order valence-corrected chi connectivity index (χ1v) is 6.43. The van der Waals surface area contributed by atoms with Gasteiger partial charge in [0.15, 0.2) is 0 Å². The van der Waals surface area contributed by atoms with E-state index in [9.17, 15) is 0 Å².